The van der Waals surface area contributed by atoms with Crippen LogP contribution in [-0.2, 0) is 0 Å². The Bertz CT molecular complexity index is 120. The molecule has 1 N–H and O–H groups in total. The average Bonchev–Trinajstić information content (AvgIpc) is 1.94. The first-order valence-corrected chi connectivity index (χ1v) is 4.79. The zero-order valence-corrected chi connectivity index (χ0v) is 7.88. The van der Waals surface area contributed by atoms with Gasteiger partial charge in [-0.3, -0.25) is 0 Å². The minimum absolute atomic E-state index is 0.0313. The van der Waals surface area contributed by atoms with Crippen molar-refractivity contribution in [3.63, 3.8) is 0 Å². The molecule has 0 spiro atoms. The summed E-state index contributed by atoms with van der Waals surface area (Å²) in [5, 5.41) is 9.60. The molecular formula is C10H20O. The number of aliphatic hydroxyl groups is 1. The number of hydrogen-bond acceptors (Lipinski definition) is 1. The molecule has 11 heavy (non-hydrogen) atoms. The van der Waals surface area contributed by atoms with E-state index < -0.39 is 0 Å². The molecule has 1 aliphatic rings. The summed E-state index contributed by atoms with van der Waals surface area (Å²) in [5.74, 6) is 2.04. The Morgan fingerprint density at radius 2 is 1.91 bits per heavy atom. The first-order chi connectivity index (χ1) is 5.11. The van der Waals surface area contributed by atoms with Gasteiger partial charge in [0.05, 0.1) is 6.10 Å². The maximum atomic E-state index is 9.60. The zero-order chi connectivity index (χ0) is 8.43. The SMILES string of the molecule is CC(C)[C@@H]1CC[C@H](C)[C@H](O)C1. The Morgan fingerprint density at radius 3 is 2.36 bits per heavy atom. The predicted octanol–water partition coefficient (Wildman–Crippen LogP) is 2.44. The van der Waals surface area contributed by atoms with Crippen molar-refractivity contribution in [3.05, 3.63) is 0 Å². The Balaban J connectivity index is 2.40. The standard InChI is InChI=1S/C10H20O/c1-7(2)9-5-4-8(3)10(11)6-9/h7-11H,4-6H2,1-3H3/t8-,9+,10+/m0/s1. The van der Waals surface area contributed by atoms with Crippen LogP contribution >= 0.6 is 0 Å². The molecule has 1 aliphatic carbocycles. The highest BCUT2D eigenvalue weighted by atomic mass is 16.3. The van der Waals surface area contributed by atoms with Gasteiger partial charge in [0, 0.05) is 0 Å². The molecular weight excluding hydrogens is 136 g/mol. The monoisotopic (exact) mass is 156 g/mol. The fourth-order valence-corrected chi connectivity index (χ4v) is 1.94. The molecule has 3 atom stereocenters. The number of aliphatic hydroxyl groups excluding tert-OH is 1. The van der Waals surface area contributed by atoms with E-state index in [1.807, 2.05) is 0 Å². The van der Waals surface area contributed by atoms with E-state index in [1.165, 1.54) is 12.8 Å². The predicted molar refractivity (Wildman–Crippen MR) is 47.3 cm³/mol. The van der Waals surface area contributed by atoms with Crippen molar-refractivity contribution in [2.45, 2.75) is 46.1 Å². The summed E-state index contributed by atoms with van der Waals surface area (Å²) in [4.78, 5) is 0. The minimum Gasteiger partial charge on any atom is -0.393 e. The van der Waals surface area contributed by atoms with E-state index in [9.17, 15) is 5.11 Å². The first kappa shape index (κ1) is 9.05. The van der Waals surface area contributed by atoms with Crippen molar-refractivity contribution in [1.29, 1.82) is 0 Å². The maximum absolute atomic E-state index is 9.60. The van der Waals surface area contributed by atoms with E-state index in [2.05, 4.69) is 20.8 Å². The summed E-state index contributed by atoms with van der Waals surface area (Å²) in [6, 6.07) is 0. The summed E-state index contributed by atoms with van der Waals surface area (Å²) < 4.78 is 0. The molecule has 1 heteroatoms. The van der Waals surface area contributed by atoms with Crippen LogP contribution in [0.5, 0.6) is 0 Å². The van der Waals surface area contributed by atoms with Gasteiger partial charge in [-0.15, -0.1) is 0 Å². The van der Waals surface area contributed by atoms with E-state index in [4.69, 9.17) is 0 Å². The van der Waals surface area contributed by atoms with Gasteiger partial charge < -0.3 is 5.11 Å². The molecule has 0 aromatic carbocycles. The average molecular weight is 156 g/mol. The molecule has 0 heterocycles. The first-order valence-electron chi connectivity index (χ1n) is 4.79. The van der Waals surface area contributed by atoms with Crippen LogP contribution in [0, 0.1) is 17.8 Å². The Hall–Kier alpha value is -0.0400. The van der Waals surface area contributed by atoms with Gasteiger partial charge in [0.1, 0.15) is 0 Å². The van der Waals surface area contributed by atoms with Gasteiger partial charge in [0.25, 0.3) is 0 Å². The van der Waals surface area contributed by atoms with Gasteiger partial charge >= 0.3 is 0 Å². The molecule has 0 unspecified atom stereocenters. The fraction of sp³-hybridized carbons (Fsp3) is 1.00. The highest BCUT2D eigenvalue weighted by molar-refractivity contribution is 4.78. The second-order valence-electron chi connectivity index (χ2n) is 4.36. The highest BCUT2D eigenvalue weighted by Gasteiger charge is 2.27. The van der Waals surface area contributed by atoms with Gasteiger partial charge in [-0.05, 0) is 37.0 Å². The minimum atomic E-state index is -0.0313. The second-order valence-corrected chi connectivity index (χ2v) is 4.36. The van der Waals surface area contributed by atoms with Crippen molar-refractivity contribution < 1.29 is 5.11 Å². The van der Waals surface area contributed by atoms with E-state index in [0.29, 0.717) is 5.92 Å². The Labute approximate surface area is 69.8 Å². The van der Waals surface area contributed by atoms with E-state index >= 15 is 0 Å². The quantitative estimate of drug-likeness (QED) is 0.618. The summed E-state index contributed by atoms with van der Waals surface area (Å²) in [6.07, 6.45) is 3.52. The van der Waals surface area contributed by atoms with Crippen molar-refractivity contribution in [2.24, 2.45) is 17.8 Å². The Morgan fingerprint density at radius 1 is 1.27 bits per heavy atom. The lowest BCUT2D eigenvalue weighted by molar-refractivity contribution is 0.0410. The molecule has 1 fully saturated rings. The third-order valence-electron chi connectivity index (χ3n) is 3.14. The van der Waals surface area contributed by atoms with Crippen LogP contribution < -0.4 is 0 Å². The summed E-state index contributed by atoms with van der Waals surface area (Å²) in [7, 11) is 0. The molecule has 1 saturated carbocycles. The molecule has 0 aliphatic heterocycles. The van der Waals surface area contributed by atoms with Crippen molar-refractivity contribution >= 4 is 0 Å². The topological polar surface area (TPSA) is 20.2 Å². The van der Waals surface area contributed by atoms with Crippen LogP contribution in [0.3, 0.4) is 0 Å². The summed E-state index contributed by atoms with van der Waals surface area (Å²) >= 11 is 0. The van der Waals surface area contributed by atoms with Crippen LogP contribution in [0.4, 0.5) is 0 Å². The highest BCUT2D eigenvalue weighted by Crippen LogP contribution is 2.32. The van der Waals surface area contributed by atoms with Crippen LogP contribution in [0.25, 0.3) is 0 Å². The van der Waals surface area contributed by atoms with Gasteiger partial charge in [-0.25, -0.2) is 0 Å². The summed E-state index contributed by atoms with van der Waals surface area (Å²) in [5.41, 5.74) is 0. The molecule has 0 aromatic rings. The number of hydrogen-bond donors (Lipinski definition) is 1. The zero-order valence-electron chi connectivity index (χ0n) is 7.88. The second kappa shape index (κ2) is 3.57. The lowest BCUT2D eigenvalue weighted by atomic mass is 9.76. The third kappa shape index (κ3) is 2.19. The molecule has 0 aromatic heterocycles. The number of rotatable bonds is 1. The Kier molecular flexibility index (Phi) is 2.94. The molecule has 66 valence electrons. The smallest absolute Gasteiger partial charge is 0.0568 e. The maximum Gasteiger partial charge on any atom is 0.0568 e. The van der Waals surface area contributed by atoms with Crippen molar-refractivity contribution in [1.82, 2.24) is 0 Å². The third-order valence-corrected chi connectivity index (χ3v) is 3.14. The lowest BCUT2D eigenvalue weighted by Crippen LogP contribution is -2.29. The van der Waals surface area contributed by atoms with E-state index in [0.717, 1.165) is 18.3 Å². The van der Waals surface area contributed by atoms with Crippen molar-refractivity contribution in [3.8, 4) is 0 Å². The van der Waals surface area contributed by atoms with Gasteiger partial charge in [0.15, 0.2) is 0 Å². The normalized spacial score (nSPS) is 39.5. The summed E-state index contributed by atoms with van der Waals surface area (Å²) in [6.45, 7) is 6.67. The van der Waals surface area contributed by atoms with Gasteiger partial charge in [-0.2, -0.15) is 0 Å². The molecule has 0 saturated heterocycles. The largest absolute Gasteiger partial charge is 0.393 e. The van der Waals surface area contributed by atoms with E-state index in [-0.39, 0.29) is 6.10 Å². The molecule has 0 bridgehead atoms. The fourth-order valence-electron chi connectivity index (χ4n) is 1.94. The molecule has 0 radical (unpaired) electrons. The van der Waals surface area contributed by atoms with Crippen LogP contribution in [0.15, 0.2) is 0 Å². The van der Waals surface area contributed by atoms with Crippen LogP contribution in [0.2, 0.25) is 0 Å². The van der Waals surface area contributed by atoms with Crippen molar-refractivity contribution in [2.75, 3.05) is 0 Å². The van der Waals surface area contributed by atoms with Gasteiger partial charge in [-0.1, -0.05) is 20.8 Å². The van der Waals surface area contributed by atoms with Crippen LogP contribution in [0.1, 0.15) is 40.0 Å². The van der Waals surface area contributed by atoms with E-state index in [1.54, 1.807) is 0 Å². The molecule has 0 amide bonds. The lowest BCUT2D eigenvalue weighted by Gasteiger charge is -2.33. The molecule has 1 nitrogen and oxygen atoms in total. The van der Waals surface area contributed by atoms with Crippen LogP contribution in [-0.4, -0.2) is 11.2 Å². The van der Waals surface area contributed by atoms with Gasteiger partial charge in [0.2, 0.25) is 0 Å². The molecule has 1 rings (SSSR count).